The lowest BCUT2D eigenvalue weighted by molar-refractivity contribution is 0.0867. The molecule has 1 amide bonds. The van der Waals surface area contributed by atoms with Gasteiger partial charge in [-0.2, -0.15) is 0 Å². The molecule has 0 radical (unpaired) electrons. The van der Waals surface area contributed by atoms with E-state index in [9.17, 15) is 9.90 Å². The Kier molecular flexibility index (Phi) is 4.35. The highest BCUT2D eigenvalue weighted by Gasteiger charge is 2.21. The first-order valence-corrected chi connectivity index (χ1v) is 7.51. The van der Waals surface area contributed by atoms with Crippen LogP contribution in [0.25, 0.3) is 5.82 Å². The molecule has 0 atom stereocenters. The number of aliphatic hydroxyl groups is 1. The van der Waals surface area contributed by atoms with Crippen molar-refractivity contribution in [3.8, 4) is 5.82 Å². The third kappa shape index (κ3) is 3.26. The van der Waals surface area contributed by atoms with E-state index in [2.05, 4.69) is 20.5 Å². The van der Waals surface area contributed by atoms with E-state index in [-0.39, 0.29) is 18.1 Å². The standard InChI is InChI=1S/C14H16ClN5O2/c15-12-5-9(6-16-13(12)20-7-17-18-8-20)14(22)19-10-1-3-11(21)4-2-10/h5-8,10-11,21H,1-4H2,(H,19,22). The monoisotopic (exact) mass is 321 g/mol. The van der Waals surface area contributed by atoms with E-state index in [1.165, 1.54) is 18.9 Å². The number of pyridine rings is 1. The molecule has 3 rings (SSSR count). The lowest BCUT2D eigenvalue weighted by atomic mass is 9.93. The van der Waals surface area contributed by atoms with Crippen molar-refractivity contribution < 1.29 is 9.90 Å². The topological polar surface area (TPSA) is 92.9 Å². The average molecular weight is 322 g/mol. The largest absolute Gasteiger partial charge is 0.393 e. The fraction of sp³-hybridized carbons (Fsp3) is 0.429. The van der Waals surface area contributed by atoms with Gasteiger partial charge >= 0.3 is 0 Å². The summed E-state index contributed by atoms with van der Waals surface area (Å²) >= 11 is 6.17. The predicted octanol–water partition coefficient (Wildman–Crippen LogP) is 1.35. The summed E-state index contributed by atoms with van der Waals surface area (Å²) in [6.07, 6.45) is 7.22. The van der Waals surface area contributed by atoms with Crippen LogP contribution in [0.5, 0.6) is 0 Å². The number of carbonyl (C=O) groups excluding carboxylic acids is 1. The van der Waals surface area contributed by atoms with Crippen LogP contribution in [0.2, 0.25) is 5.02 Å². The van der Waals surface area contributed by atoms with Crippen molar-refractivity contribution in [2.24, 2.45) is 0 Å². The molecule has 0 spiro atoms. The maximum atomic E-state index is 12.2. The van der Waals surface area contributed by atoms with E-state index in [0.717, 1.165) is 25.7 Å². The van der Waals surface area contributed by atoms with Crippen LogP contribution < -0.4 is 5.32 Å². The number of hydrogen-bond donors (Lipinski definition) is 2. The molecule has 2 N–H and O–H groups in total. The third-order valence-electron chi connectivity index (χ3n) is 3.78. The molecule has 0 unspecified atom stereocenters. The van der Waals surface area contributed by atoms with Crippen LogP contribution >= 0.6 is 11.6 Å². The number of aromatic nitrogens is 4. The van der Waals surface area contributed by atoms with Crippen LogP contribution in [-0.2, 0) is 0 Å². The summed E-state index contributed by atoms with van der Waals surface area (Å²) in [5.41, 5.74) is 0.410. The third-order valence-corrected chi connectivity index (χ3v) is 4.06. The smallest absolute Gasteiger partial charge is 0.253 e. The van der Waals surface area contributed by atoms with Crippen LogP contribution in [0.4, 0.5) is 0 Å². The van der Waals surface area contributed by atoms with Gasteiger partial charge in [-0.15, -0.1) is 10.2 Å². The summed E-state index contributed by atoms with van der Waals surface area (Å²) in [6, 6.07) is 1.67. The Morgan fingerprint density at radius 1 is 1.27 bits per heavy atom. The van der Waals surface area contributed by atoms with Gasteiger partial charge in [0.25, 0.3) is 5.91 Å². The first kappa shape index (κ1) is 14.9. The molecule has 0 saturated heterocycles. The molecule has 22 heavy (non-hydrogen) atoms. The first-order chi connectivity index (χ1) is 10.6. The predicted molar refractivity (Wildman–Crippen MR) is 79.9 cm³/mol. The highest BCUT2D eigenvalue weighted by atomic mass is 35.5. The molecule has 8 heteroatoms. The molecule has 116 valence electrons. The van der Waals surface area contributed by atoms with Gasteiger partial charge in [-0.1, -0.05) is 11.6 Å². The van der Waals surface area contributed by atoms with Crippen LogP contribution in [-0.4, -0.2) is 42.9 Å². The van der Waals surface area contributed by atoms with Gasteiger partial charge in [0.1, 0.15) is 12.7 Å². The summed E-state index contributed by atoms with van der Waals surface area (Å²) in [6.45, 7) is 0. The highest BCUT2D eigenvalue weighted by Crippen LogP contribution is 2.21. The van der Waals surface area contributed by atoms with Gasteiger partial charge < -0.3 is 10.4 Å². The second kappa shape index (κ2) is 6.41. The molecule has 0 bridgehead atoms. The van der Waals surface area contributed by atoms with E-state index < -0.39 is 0 Å². The second-order valence-electron chi connectivity index (χ2n) is 5.38. The summed E-state index contributed by atoms with van der Waals surface area (Å²) in [7, 11) is 0. The zero-order chi connectivity index (χ0) is 15.5. The number of carbonyl (C=O) groups is 1. The Balaban J connectivity index is 1.69. The van der Waals surface area contributed by atoms with Gasteiger partial charge in [-0.3, -0.25) is 9.36 Å². The minimum absolute atomic E-state index is 0.0900. The van der Waals surface area contributed by atoms with Crippen molar-refractivity contribution in [1.29, 1.82) is 0 Å². The number of amides is 1. The average Bonchev–Trinajstić information content (AvgIpc) is 3.03. The molecule has 1 aliphatic rings. The zero-order valence-corrected chi connectivity index (χ0v) is 12.6. The second-order valence-corrected chi connectivity index (χ2v) is 5.78. The number of aliphatic hydroxyl groups excluding tert-OH is 1. The van der Waals surface area contributed by atoms with Gasteiger partial charge in [0.2, 0.25) is 0 Å². The molecular weight excluding hydrogens is 306 g/mol. The van der Waals surface area contributed by atoms with Crippen molar-refractivity contribution >= 4 is 17.5 Å². The molecule has 1 aliphatic carbocycles. The molecule has 2 aromatic heterocycles. The van der Waals surface area contributed by atoms with Crippen LogP contribution in [0.15, 0.2) is 24.9 Å². The maximum absolute atomic E-state index is 12.2. The van der Waals surface area contributed by atoms with Crippen LogP contribution in [0.1, 0.15) is 36.0 Å². The first-order valence-electron chi connectivity index (χ1n) is 7.13. The molecule has 2 aromatic rings. The van der Waals surface area contributed by atoms with Crippen LogP contribution in [0.3, 0.4) is 0 Å². The molecule has 0 aromatic carbocycles. The molecule has 1 fully saturated rings. The summed E-state index contributed by atoms with van der Waals surface area (Å²) in [4.78, 5) is 16.4. The number of halogens is 1. The highest BCUT2D eigenvalue weighted by molar-refractivity contribution is 6.32. The number of nitrogens with one attached hydrogen (secondary N) is 1. The summed E-state index contributed by atoms with van der Waals surface area (Å²) in [5.74, 6) is 0.273. The SMILES string of the molecule is O=C(NC1CCC(O)CC1)c1cnc(-n2cnnc2)c(Cl)c1. The molecule has 2 heterocycles. The Bertz CT molecular complexity index is 653. The Morgan fingerprint density at radius 2 is 1.95 bits per heavy atom. The summed E-state index contributed by atoms with van der Waals surface area (Å²) < 4.78 is 1.58. The van der Waals surface area contributed by atoms with Gasteiger partial charge in [0, 0.05) is 12.2 Å². The van der Waals surface area contributed by atoms with Crippen molar-refractivity contribution in [3.63, 3.8) is 0 Å². The van der Waals surface area contributed by atoms with Gasteiger partial charge in [0.15, 0.2) is 5.82 Å². The zero-order valence-electron chi connectivity index (χ0n) is 11.8. The van der Waals surface area contributed by atoms with Crippen molar-refractivity contribution in [1.82, 2.24) is 25.1 Å². The summed E-state index contributed by atoms with van der Waals surface area (Å²) in [5, 5.41) is 20.2. The van der Waals surface area contributed by atoms with E-state index in [1.807, 2.05) is 0 Å². The van der Waals surface area contributed by atoms with Gasteiger partial charge in [-0.25, -0.2) is 4.98 Å². The van der Waals surface area contributed by atoms with E-state index >= 15 is 0 Å². The minimum atomic E-state index is -0.243. The van der Waals surface area contributed by atoms with E-state index in [1.54, 1.807) is 10.6 Å². The molecular formula is C14H16ClN5O2. The molecule has 0 aliphatic heterocycles. The van der Waals surface area contributed by atoms with E-state index in [4.69, 9.17) is 11.6 Å². The van der Waals surface area contributed by atoms with Crippen molar-refractivity contribution in [2.45, 2.75) is 37.8 Å². The normalized spacial score (nSPS) is 21.5. The Hall–Kier alpha value is -1.99. The lowest BCUT2D eigenvalue weighted by Crippen LogP contribution is -2.38. The van der Waals surface area contributed by atoms with Crippen LogP contribution in [0, 0.1) is 0 Å². The van der Waals surface area contributed by atoms with Gasteiger partial charge in [-0.05, 0) is 31.7 Å². The van der Waals surface area contributed by atoms with Crippen molar-refractivity contribution in [2.75, 3.05) is 0 Å². The number of hydrogen-bond acceptors (Lipinski definition) is 5. The fourth-order valence-electron chi connectivity index (χ4n) is 2.54. The number of rotatable bonds is 3. The molecule has 1 saturated carbocycles. The number of nitrogens with zero attached hydrogens (tertiary/aromatic N) is 4. The lowest BCUT2D eigenvalue weighted by Gasteiger charge is -2.26. The van der Waals surface area contributed by atoms with Gasteiger partial charge in [0.05, 0.1) is 16.7 Å². The minimum Gasteiger partial charge on any atom is -0.393 e. The molecule has 7 nitrogen and oxygen atoms in total. The Labute approximate surface area is 132 Å². The fourth-order valence-corrected chi connectivity index (χ4v) is 2.81. The van der Waals surface area contributed by atoms with E-state index in [0.29, 0.717) is 16.4 Å². The van der Waals surface area contributed by atoms with Crippen molar-refractivity contribution in [3.05, 3.63) is 35.5 Å². The Morgan fingerprint density at radius 3 is 2.59 bits per heavy atom. The quantitative estimate of drug-likeness (QED) is 0.890. The maximum Gasteiger partial charge on any atom is 0.253 e.